The number of fused-ring (bicyclic) bond motifs is 1. The van der Waals surface area contributed by atoms with Crippen LogP contribution < -0.4 is 5.32 Å². The van der Waals surface area contributed by atoms with Crippen molar-refractivity contribution in [1.29, 1.82) is 0 Å². The number of benzene rings is 1. The Bertz CT molecular complexity index is 449. The van der Waals surface area contributed by atoms with Crippen molar-refractivity contribution in [3.8, 4) is 0 Å². The predicted octanol–water partition coefficient (Wildman–Crippen LogP) is 2.93. The fourth-order valence-electron chi connectivity index (χ4n) is 3.46. The van der Waals surface area contributed by atoms with E-state index in [0.717, 1.165) is 25.7 Å². The lowest BCUT2D eigenvalue weighted by molar-refractivity contribution is -0.125. The Morgan fingerprint density at radius 1 is 1.21 bits per heavy atom. The molecule has 1 amide bonds. The molecule has 2 nitrogen and oxygen atoms in total. The third kappa shape index (κ3) is 2.64. The van der Waals surface area contributed by atoms with Crippen molar-refractivity contribution < 1.29 is 4.79 Å². The third-order valence-corrected chi connectivity index (χ3v) is 5.00. The minimum atomic E-state index is 0.119. The first-order valence-electron chi connectivity index (χ1n) is 7.21. The third-order valence-electron chi connectivity index (χ3n) is 4.61. The van der Waals surface area contributed by atoms with Crippen LogP contribution in [0.2, 0.25) is 0 Å². The van der Waals surface area contributed by atoms with Crippen LogP contribution in [0.5, 0.6) is 0 Å². The van der Waals surface area contributed by atoms with Gasteiger partial charge < -0.3 is 5.32 Å². The van der Waals surface area contributed by atoms with E-state index in [1.807, 2.05) is 0 Å². The molecule has 1 N–H and O–H groups in total. The van der Waals surface area contributed by atoms with Crippen molar-refractivity contribution >= 4 is 17.5 Å². The van der Waals surface area contributed by atoms with E-state index in [2.05, 4.69) is 29.6 Å². The molecule has 1 aromatic rings. The molecular weight excluding hydrogens is 258 g/mol. The number of halogens is 1. The molecule has 0 aromatic heterocycles. The number of hydrogen-bond acceptors (Lipinski definition) is 1. The van der Waals surface area contributed by atoms with Gasteiger partial charge in [-0.15, -0.1) is 11.6 Å². The predicted molar refractivity (Wildman–Crippen MR) is 77.3 cm³/mol. The van der Waals surface area contributed by atoms with Gasteiger partial charge >= 0.3 is 0 Å². The smallest absolute Gasteiger partial charge is 0.224 e. The van der Waals surface area contributed by atoms with Gasteiger partial charge in [-0.1, -0.05) is 30.7 Å². The van der Waals surface area contributed by atoms with Crippen LogP contribution in [-0.4, -0.2) is 17.8 Å². The van der Waals surface area contributed by atoms with E-state index in [9.17, 15) is 4.79 Å². The molecule has 0 radical (unpaired) electrons. The minimum absolute atomic E-state index is 0.119. The van der Waals surface area contributed by atoms with Gasteiger partial charge in [-0.05, 0) is 42.7 Å². The van der Waals surface area contributed by atoms with E-state index < -0.39 is 0 Å². The Hall–Kier alpha value is -1.02. The van der Waals surface area contributed by atoms with E-state index >= 15 is 0 Å². The van der Waals surface area contributed by atoms with Crippen molar-refractivity contribution in [2.24, 2.45) is 11.8 Å². The fourth-order valence-corrected chi connectivity index (χ4v) is 3.83. The number of amides is 1. The second-order valence-electron chi connectivity index (χ2n) is 5.83. The molecule has 3 rings (SSSR count). The highest BCUT2D eigenvalue weighted by atomic mass is 35.5. The summed E-state index contributed by atoms with van der Waals surface area (Å²) < 4.78 is 0. The van der Waals surface area contributed by atoms with Gasteiger partial charge in [0.1, 0.15) is 0 Å². The Morgan fingerprint density at radius 2 is 1.89 bits per heavy atom. The largest absolute Gasteiger partial charge is 0.353 e. The summed E-state index contributed by atoms with van der Waals surface area (Å²) in [6.07, 6.45) is 5.20. The topological polar surface area (TPSA) is 29.1 Å². The molecule has 2 aliphatic carbocycles. The molecule has 1 saturated carbocycles. The number of carbonyl (C=O) groups is 1. The Kier molecular flexibility index (Phi) is 3.79. The van der Waals surface area contributed by atoms with Gasteiger partial charge in [-0.25, -0.2) is 0 Å². The van der Waals surface area contributed by atoms with Crippen molar-refractivity contribution in [3.05, 3.63) is 35.4 Å². The lowest BCUT2D eigenvalue weighted by atomic mass is 10.0. The van der Waals surface area contributed by atoms with Crippen LogP contribution >= 0.6 is 11.6 Å². The minimum Gasteiger partial charge on any atom is -0.353 e. The van der Waals surface area contributed by atoms with Crippen LogP contribution in [-0.2, 0) is 17.6 Å². The summed E-state index contributed by atoms with van der Waals surface area (Å²) in [5.41, 5.74) is 2.67. The molecule has 1 fully saturated rings. The number of rotatable bonds is 3. The van der Waals surface area contributed by atoms with Crippen LogP contribution in [0.3, 0.4) is 0 Å². The Labute approximate surface area is 119 Å². The first-order valence-corrected chi connectivity index (χ1v) is 7.74. The maximum Gasteiger partial charge on any atom is 0.224 e. The number of carbonyl (C=O) groups excluding carboxylic acids is 1. The van der Waals surface area contributed by atoms with Gasteiger partial charge in [0.15, 0.2) is 0 Å². The van der Waals surface area contributed by atoms with Gasteiger partial charge in [0, 0.05) is 17.8 Å². The van der Waals surface area contributed by atoms with E-state index in [1.54, 1.807) is 0 Å². The zero-order valence-electron chi connectivity index (χ0n) is 11.1. The molecule has 3 heteroatoms. The lowest BCUT2D eigenvalue weighted by Gasteiger charge is -2.21. The molecule has 2 unspecified atom stereocenters. The molecule has 0 spiro atoms. The van der Waals surface area contributed by atoms with E-state index in [1.165, 1.54) is 17.5 Å². The molecule has 102 valence electrons. The molecule has 2 aliphatic rings. The summed E-state index contributed by atoms with van der Waals surface area (Å²) in [6, 6.07) is 8.69. The van der Waals surface area contributed by atoms with Gasteiger partial charge in [-0.3, -0.25) is 4.79 Å². The Balaban J connectivity index is 1.61. The SMILES string of the molecule is O=C(NC1CCCC1CCl)C1Cc2ccccc2C1. The van der Waals surface area contributed by atoms with Crippen LogP contribution in [0.4, 0.5) is 0 Å². The molecule has 0 aliphatic heterocycles. The van der Waals surface area contributed by atoms with E-state index in [0.29, 0.717) is 17.8 Å². The summed E-state index contributed by atoms with van der Waals surface area (Å²) in [7, 11) is 0. The highest BCUT2D eigenvalue weighted by Crippen LogP contribution is 2.29. The second-order valence-corrected chi connectivity index (χ2v) is 6.14. The van der Waals surface area contributed by atoms with Crippen molar-refractivity contribution in [3.63, 3.8) is 0 Å². The fraction of sp³-hybridized carbons (Fsp3) is 0.562. The number of hydrogen-bond donors (Lipinski definition) is 1. The van der Waals surface area contributed by atoms with Gasteiger partial charge in [0.05, 0.1) is 0 Å². The molecule has 2 atom stereocenters. The summed E-state index contributed by atoms with van der Waals surface area (Å²) >= 11 is 5.97. The average Bonchev–Trinajstić information content (AvgIpc) is 3.03. The standard InChI is InChI=1S/C16H20ClNO/c17-10-13-6-3-7-15(13)18-16(19)14-8-11-4-1-2-5-12(11)9-14/h1-2,4-5,13-15H,3,6-10H2,(H,18,19). The van der Waals surface area contributed by atoms with Gasteiger partial charge in [0.25, 0.3) is 0 Å². The highest BCUT2D eigenvalue weighted by molar-refractivity contribution is 6.18. The molecule has 0 bridgehead atoms. The number of nitrogens with one attached hydrogen (secondary N) is 1. The lowest BCUT2D eigenvalue weighted by Crippen LogP contribution is -2.41. The highest BCUT2D eigenvalue weighted by Gasteiger charge is 2.32. The summed E-state index contributed by atoms with van der Waals surface area (Å²) in [6.45, 7) is 0. The average molecular weight is 278 g/mol. The molecule has 19 heavy (non-hydrogen) atoms. The zero-order valence-corrected chi connectivity index (χ0v) is 11.8. The second kappa shape index (κ2) is 5.54. The summed E-state index contributed by atoms with van der Waals surface area (Å²) in [5, 5.41) is 3.23. The van der Waals surface area contributed by atoms with Gasteiger partial charge in [0.2, 0.25) is 5.91 Å². The Morgan fingerprint density at radius 3 is 2.53 bits per heavy atom. The van der Waals surface area contributed by atoms with Gasteiger partial charge in [-0.2, -0.15) is 0 Å². The van der Waals surface area contributed by atoms with Crippen molar-refractivity contribution in [2.75, 3.05) is 5.88 Å². The van der Waals surface area contributed by atoms with Crippen LogP contribution in [0.15, 0.2) is 24.3 Å². The summed E-state index contributed by atoms with van der Waals surface area (Å²) in [5.74, 6) is 1.47. The first kappa shape index (κ1) is 13.0. The summed E-state index contributed by atoms with van der Waals surface area (Å²) in [4.78, 5) is 12.4. The quantitative estimate of drug-likeness (QED) is 0.846. The van der Waals surface area contributed by atoms with Crippen LogP contribution in [0, 0.1) is 11.8 Å². The van der Waals surface area contributed by atoms with Crippen molar-refractivity contribution in [1.82, 2.24) is 5.32 Å². The molecule has 1 aromatic carbocycles. The van der Waals surface area contributed by atoms with E-state index in [4.69, 9.17) is 11.6 Å². The normalized spacial score (nSPS) is 26.4. The zero-order chi connectivity index (χ0) is 13.2. The molecular formula is C16H20ClNO. The molecule has 0 heterocycles. The number of alkyl halides is 1. The van der Waals surface area contributed by atoms with Crippen molar-refractivity contribution in [2.45, 2.75) is 38.1 Å². The van der Waals surface area contributed by atoms with Crippen LogP contribution in [0.25, 0.3) is 0 Å². The molecule has 0 saturated heterocycles. The first-order chi connectivity index (χ1) is 9.28. The van der Waals surface area contributed by atoms with Crippen LogP contribution in [0.1, 0.15) is 30.4 Å². The monoisotopic (exact) mass is 277 g/mol. The maximum atomic E-state index is 12.4. The maximum absolute atomic E-state index is 12.4. The van der Waals surface area contributed by atoms with E-state index in [-0.39, 0.29) is 11.8 Å².